The van der Waals surface area contributed by atoms with Gasteiger partial charge < -0.3 is 0 Å². The van der Waals surface area contributed by atoms with E-state index in [0.29, 0.717) is 0 Å². The fourth-order valence-corrected chi connectivity index (χ4v) is 8.90. The lowest BCUT2D eigenvalue weighted by Crippen LogP contribution is -2.37. The summed E-state index contributed by atoms with van der Waals surface area (Å²) < 4.78 is 0.992. The standard InChI is InChI=1S/C24H37I/c25-22-11-9-18-13-17(6-7-20(18)15-22)19-10-12-24-21(14-19)8-5-16-3-1-2-4-23(16)24/h17-22,24H,1-15H2. The van der Waals surface area contributed by atoms with Crippen LogP contribution in [-0.2, 0) is 0 Å². The van der Waals surface area contributed by atoms with Crippen molar-refractivity contribution in [3.63, 3.8) is 0 Å². The molecule has 1 heteroatoms. The number of allylic oxidation sites excluding steroid dienone is 2. The van der Waals surface area contributed by atoms with Gasteiger partial charge in [-0.2, -0.15) is 0 Å². The Balaban J connectivity index is 1.22. The Labute approximate surface area is 169 Å². The molecule has 0 bridgehead atoms. The number of fused-ring (bicyclic) bond motifs is 3. The van der Waals surface area contributed by atoms with Gasteiger partial charge in [0.15, 0.2) is 0 Å². The summed E-state index contributed by atoms with van der Waals surface area (Å²) in [5.74, 6) is 6.54. The van der Waals surface area contributed by atoms with Crippen molar-refractivity contribution in [2.75, 3.05) is 0 Å². The maximum absolute atomic E-state index is 2.73. The minimum absolute atomic E-state index is 0.992. The molecule has 7 atom stereocenters. The number of hydrogen-bond donors (Lipinski definition) is 0. The van der Waals surface area contributed by atoms with Crippen LogP contribution in [0.15, 0.2) is 11.1 Å². The normalized spacial score (nSPS) is 47.6. The van der Waals surface area contributed by atoms with Crippen LogP contribution >= 0.6 is 22.6 Å². The Hall–Kier alpha value is 0.470. The largest absolute Gasteiger partial charge is 0.0826 e. The second kappa shape index (κ2) is 7.47. The van der Waals surface area contributed by atoms with Crippen LogP contribution in [0.3, 0.4) is 0 Å². The molecule has 7 unspecified atom stereocenters. The predicted molar refractivity (Wildman–Crippen MR) is 115 cm³/mol. The topological polar surface area (TPSA) is 0 Å². The van der Waals surface area contributed by atoms with Gasteiger partial charge >= 0.3 is 0 Å². The van der Waals surface area contributed by atoms with Crippen LogP contribution in [0.1, 0.15) is 96.3 Å². The summed E-state index contributed by atoms with van der Waals surface area (Å²) in [7, 11) is 0. The van der Waals surface area contributed by atoms with E-state index < -0.39 is 0 Å². The molecule has 0 aromatic rings. The zero-order chi connectivity index (χ0) is 16.8. The third-order valence-electron chi connectivity index (χ3n) is 9.17. The molecule has 0 aromatic carbocycles. The lowest BCUT2D eigenvalue weighted by atomic mass is 9.58. The number of rotatable bonds is 1. The third-order valence-corrected chi connectivity index (χ3v) is 10.3. The van der Waals surface area contributed by atoms with Crippen molar-refractivity contribution in [1.82, 2.24) is 0 Å². The van der Waals surface area contributed by atoms with Crippen LogP contribution in [0.5, 0.6) is 0 Å². The average Bonchev–Trinajstić information content (AvgIpc) is 2.67. The van der Waals surface area contributed by atoms with Gasteiger partial charge in [-0.25, -0.2) is 0 Å². The van der Waals surface area contributed by atoms with Crippen molar-refractivity contribution in [2.24, 2.45) is 35.5 Å². The molecule has 5 aliphatic rings. The first-order valence-corrected chi connectivity index (χ1v) is 12.9. The lowest BCUT2D eigenvalue weighted by Gasteiger charge is -2.48. The van der Waals surface area contributed by atoms with Crippen LogP contribution < -0.4 is 0 Å². The molecule has 0 aromatic heterocycles. The van der Waals surface area contributed by atoms with Crippen LogP contribution in [0, 0.1) is 35.5 Å². The molecule has 0 spiro atoms. The van der Waals surface area contributed by atoms with E-state index in [1.54, 1.807) is 57.8 Å². The van der Waals surface area contributed by atoms with E-state index in [1.807, 2.05) is 11.1 Å². The van der Waals surface area contributed by atoms with Crippen LogP contribution in [0.25, 0.3) is 0 Å². The van der Waals surface area contributed by atoms with E-state index in [-0.39, 0.29) is 0 Å². The molecule has 0 N–H and O–H groups in total. The van der Waals surface area contributed by atoms with E-state index in [9.17, 15) is 0 Å². The molecule has 25 heavy (non-hydrogen) atoms. The van der Waals surface area contributed by atoms with Crippen molar-refractivity contribution in [3.05, 3.63) is 11.1 Å². The van der Waals surface area contributed by atoms with E-state index in [2.05, 4.69) is 22.6 Å². The minimum Gasteiger partial charge on any atom is -0.0826 e. The predicted octanol–water partition coefficient (Wildman–Crippen LogP) is 7.70. The fraction of sp³-hybridized carbons (Fsp3) is 0.917. The molecule has 0 aliphatic heterocycles. The van der Waals surface area contributed by atoms with Gasteiger partial charge in [-0.05, 0) is 132 Å². The van der Waals surface area contributed by atoms with Crippen molar-refractivity contribution in [2.45, 2.75) is 100 Å². The Morgan fingerprint density at radius 3 is 2.04 bits per heavy atom. The summed E-state index contributed by atoms with van der Waals surface area (Å²) >= 11 is 2.73. The highest BCUT2D eigenvalue weighted by Gasteiger charge is 2.42. The van der Waals surface area contributed by atoms with Gasteiger partial charge in [0.25, 0.3) is 0 Å². The van der Waals surface area contributed by atoms with Gasteiger partial charge in [-0.15, -0.1) is 0 Å². The summed E-state index contributed by atoms with van der Waals surface area (Å²) in [4.78, 5) is 0. The van der Waals surface area contributed by atoms with Gasteiger partial charge in [0, 0.05) is 3.92 Å². The maximum atomic E-state index is 2.73. The monoisotopic (exact) mass is 452 g/mol. The molecule has 0 nitrogen and oxygen atoms in total. The first-order valence-electron chi connectivity index (χ1n) is 11.6. The Morgan fingerprint density at radius 1 is 0.560 bits per heavy atom. The highest BCUT2D eigenvalue weighted by Crippen LogP contribution is 2.54. The quantitative estimate of drug-likeness (QED) is 0.217. The first kappa shape index (κ1) is 17.6. The maximum Gasteiger partial charge on any atom is 0.0112 e. The van der Waals surface area contributed by atoms with Crippen LogP contribution in [-0.4, -0.2) is 3.92 Å². The summed E-state index contributed by atoms with van der Waals surface area (Å²) in [5, 5.41) is 0. The van der Waals surface area contributed by atoms with Crippen molar-refractivity contribution in [3.8, 4) is 0 Å². The molecule has 5 aliphatic carbocycles. The van der Waals surface area contributed by atoms with Crippen LogP contribution in [0.2, 0.25) is 0 Å². The highest BCUT2D eigenvalue weighted by molar-refractivity contribution is 14.1. The van der Waals surface area contributed by atoms with Crippen molar-refractivity contribution in [1.29, 1.82) is 0 Å². The second-order valence-electron chi connectivity index (χ2n) is 10.3. The van der Waals surface area contributed by atoms with Gasteiger partial charge in [0.1, 0.15) is 0 Å². The van der Waals surface area contributed by atoms with E-state index >= 15 is 0 Å². The molecule has 0 amide bonds. The molecule has 0 radical (unpaired) electrons. The molecular weight excluding hydrogens is 415 g/mol. The zero-order valence-electron chi connectivity index (χ0n) is 16.0. The van der Waals surface area contributed by atoms with Gasteiger partial charge in [0.2, 0.25) is 0 Å². The van der Waals surface area contributed by atoms with Crippen molar-refractivity contribution >= 4 is 22.6 Å². The van der Waals surface area contributed by atoms with Gasteiger partial charge in [-0.3, -0.25) is 0 Å². The van der Waals surface area contributed by atoms with E-state index in [4.69, 9.17) is 0 Å². The smallest absolute Gasteiger partial charge is 0.0112 e. The lowest BCUT2D eigenvalue weighted by molar-refractivity contribution is 0.0620. The molecule has 0 heterocycles. The summed E-state index contributed by atoms with van der Waals surface area (Å²) in [6.07, 6.45) is 23.1. The van der Waals surface area contributed by atoms with E-state index in [1.165, 1.54) is 38.5 Å². The number of alkyl halides is 1. The Morgan fingerprint density at radius 2 is 1.20 bits per heavy atom. The molecule has 3 fully saturated rings. The van der Waals surface area contributed by atoms with Gasteiger partial charge in [0.05, 0.1) is 0 Å². The average molecular weight is 452 g/mol. The second-order valence-corrected chi connectivity index (χ2v) is 12.1. The molecule has 5 rings (SSSR count). The summed E-state index contributed by atoms with van der Waals surface area (Å²) in [6, 6.07) is 0. The molecule has 3 saturated carbocycles. The summed E-state index contributed by atoms with van der Waals surface area (Å²) in [6.45, 7) is 0. The van der Waals surface area contributed by atoms with Crippen LogP contribution in [0.4, 0.5) is 0 Å². The molecule has 0 saturated heterocycles. The third kappa shape index (κ3) is 3.49. The SMILES string of the molecule is IC1CCC2CC(C3CCC4C5=C(CCCC5)CCC4C3)CCC2C1. The molecule has 140 valence electrons. The van der Waals surface area contributed by atoms with Gasteiger partial charge in [-0.1, -0.05) is 33.7 Å². The molecular formula is C24H37I. The Bertz CT molecular complexity index is 520. The summed E-state index contributed by atoms with van der Waals surface area (Å²) in [5.41, 5.74) is 3.92. The first-order chi connectivity index (χ1) is 12.3. The fourth-order valence-electron chi connectivity index (χ4n) is 7.89. The zero-order valence-corrected chi connectivity index (χ0v) is 18.2. The van der Waals surface area contributed by atoms with Crippen molar-refractivity contribution < 1.29 is 0 Å². The highest BCUT2D eigenvalue weighted by atomic mass is 127. The van der Waals surface area contributed by atoms with E-state index in [0.717, 1.165) is 39.4 Å². The number of hydrogen-bond acceptors (Lipinski definition) is 0. The number of halogens is 1. The minimum atomic E-state index is 0.992. The Kier molecular flexibility index (Phi) is 5.25.